The van der Waals surface area contributed by atoms with Crippen LogP contribution in [0.4, 0.5) is 0 Å². The summed E-state index contributed by atoms with van der Waals surface area (Å²) in [4.78, 5) is 12.6. The smallest absolute Gasteiger partial charge is 0.225 e. The second-order valence-corrected chi connectivity index (χ2v) is 7.36. The Labute approximate surface area is 139 Å². The van der Waals surface area contributed by atoms with Crippen molar-refractivity contribution >= 4 is 5.91 Å². The first-order valence-corrected chi connectivity index (χ1v) is 9.14. The highest BCUT2D eigenvalue weighted by molar-refractivity contribution is 5.80. The van der Waals surface area contributed by atoms with E-state index in [-0.39, 0.29) is 17.7 Å². The first-order valence-electron chi connectivity index (χ1n) is 9.14. The highest BCUT2D eigenvalue weighted by Gasteiger charge is 2.34. The van der Waals surface area contributed by atoms with Gasteiger partial charge in [0.1, 0.15) is 0 Å². The maximum absolute atomic E-state index is 12.6. The summed E-state index contributed by atoms with van der Waals surface area (Å²) in [6.45, 7) is 4.78. The molecule has 0 spiro atoms. The van der Waals surface area contributed by atoms with Gasteiger partial charge in [0.15, 0.2) is 0 Å². The lowest BCUT2D eigenvalue weighted by atomic mass is 9.81. The molecule has 128 valence electrons. The topological polar surface area (TPSA) is 59.0 Å². The fraction of sp³-hybridized carbons (Fsp3) is 0.778. The van der Waals surface area contributed by atoms with Crippen LogP contribution >= 0.6 is 0 Å². The summed E-state index contributed by atoms with van der Waals surface area (Å²) in [5.74, 6) is 2.08. The van der Waals surface area contributed by atoms with Crippen LogP contribution in [0.1, 0.15) is 50.5 Å². The van der Waals surface area contributed by atoms with Gasteiger partial charge in [-0.2, -0.15) is 5.10 Å². The normalized spacial score (nSPS) is 31.2. The number of aryl methyl sites for hydroxylation is 1. The van der Waals surface area contributed by atoms with Crippen LogP contribution in [0.3, 0.4) is 0 Å². The average molecular weight is 318 g/mol. The number of hydrogen-bond donors (Lipinski definition) is 2. The number of carbonyl (C=O) groups is 1. The van der Waals surface area contributed by atoms with Gasteiger partial charge in [-0.15, -0.1) is 0 Å². The first kappa shape index (κ1) is 16.5. The van der Waals surface area contributed by atoms with Crippen LogP contribution in [-0.4, -0.2) is 35.3 Å². The highest BCUT2D eigenvalue weighted by atomic mass is 16.1. The van der Waals surface area contributed by atoms with E-state index in [0.29, 0.717) is 5.92 Å². The fourth-order valence-corrected chi connectivity index (χ4v) is 4.16. The summed E-state index contributed by atoms with van der Waals surface area (Å²) in [6, 6.07) is 0. The van der Waals surface area contributed by atoms with E-state index in [9.17, 15) is 4.79 Å². The molecule has 1 aromatic rings. The van der Waals surface area contributed by atoms with Gasteiger partial charge in [0.05, 0.1) is 12.1 Å². The zero-order chi connectivity index (χ0) is 16.2. The van der Waals surface area contributed by atoms with Gasteiger partial charge in [0.2, 0.25) is 5.91 Å². The van der Waals surface area contributed by atoms with Crippen LogP contribution in [0, 0.1) is 17.8 Å². The molecule has 1 aliphatic heterocycles. The van der Waals surface area contributed by atoms with E-state index in [2.05, 4.69) is 22.7 Å². The molecule has 1 saturated heterocycles. The lowest BCUT2D eigenvalue weighted by Gasteiger charge is -2.28. The van der Waals surface area contributed by atoms with Crippen molar-refractivity contribution in [3.05, 3.63) is 18.0 Å². The maximum atomic E-state index is 12.6. The number of rotatable bonds is 5. The molecule has 5 heteroatoms. The van der Waals surface area contributed by atoms with E-state index >= 15 is 0 Å². The van der Waals surface area contributed by atoms with Gasteiger partial charge < -0.3 is 10.6 Å². The van der Waals surface area contributed by atoms with Gasteiger partial charge in [-0.05, 0) is 30.2 Å². The highest BCUT2D eigenvalue weighted by Crippen LogP contribution is 2.31. The maximum Gasteiger partial charge on any atom is 0.225 e. The Kier molecular flexibility index (Phi) is 5.36. The Bertz CT molecular complexity index is 519. The molecule has 23 heavy (non-hydrogen) atoms. The summed E-state index contributed by atoms with van der Waals surface area (Å²) in [5, 5.41) is 10.8. The molecule has 2 atom stereocenters. The van der Waals surface area contributed by atoms with Gasteiger partial charge in [-0.1, -0.05) is 26.2 Å². The van der Waals surface area contributed by atoms with Crippen molar-refractivity contribution in [3.63, 3.8) is 0 Å². The molecular formula is C18H30N4O. The Hall–Kier alpha value is -1.36. The average Bonchev–Trinajstić information content (AvgIpc) is 3.21. The molecule has 2 N–H and O–H groups in total. The van der Waals surface area contributed by atoms with Gasteiger partial charge in [0, 0.05) is 38.8 Å². The number of carbonyl (C=O) groups excluding carboxylic acids is 1. The van der Waals surface area contributed by atoms with E-state index in [0.717, 1.165) is 25.6 Å². The van der Waals surface area contributed by atoms with Crippen LogP contribution in [0.25, 0.3) is 0 Å². The molecule has 1 amide bonds. The first-order chi connectivity index (χ1) is 11.2. The summed E-state index contributed by atoms with van der Waals surface area (Å²) >= 11 is 0. The second kappa shape index (κ2) is 7.47. The van der Waals surface area contributed by atoms with E-state index in [1.54, 1.807) is 0 Å². The van der Waals surface area contributed by atoms with E-state index in [1.165, 1.54) is 37.7 Å². The number of nitrogens with zero attached hydrogens (tertiary/aromatic N) is 2. The fourth-order valence-electron chi connectivity index (χ4n) is 4.16. The Balaban J connectivity index is 1.50. The van der Waals surface area contributed by atoms with Crippen molar-refractivity contribution in [2.45, 2.75) is 44.9 Å². The molecule has 1 aliphatic carbocycles. The van der Waals surface area contributed by atoms with Crippen molar-refractivity contribution < 1.29 is 4.79 Å². The minimum atomic E-state index is 0.0335. The zero-order valence-corrected chi connectivity index (χ0v) is 14.4. The van der Waals surface area contributed by atoms with Crippen molar-refractivity contribution in [1.29, 1.82) is 0 Å². The van der Waals surface area contributed by atoms with Crippen LogP contribution in [0.2, 0.25) is 0 Å². The third-order valence-electron chi connectivity index (χ3n) is 5.81. The van der Waals surface area contributed by atoms with Crippen molar-refractivity contribution in [3.8, 4) is 0 Å². The lowest BCUT2D eigenvalue weighted by Crippen LogP contribution is -2.38. The van der Waals surface area contributed by atoms with E-state index < -0.39 is 0 Å². The molecule has 0 unspecified atom stereocenters. The summed E-state index contributed by atoms with van der Waals surface area (Å²) in [7, 11) is 1.92. The quantitative estimate of drug-likeness (QED) is 0.873. The number of nitrogens with one attached hydrogen (secondary N) is 2. The van der Waals surface area contributed by atoms with Crippen molar-refractivity contribution in [1.82, 2.24) is 20.4 Å². The molecule has 3 rings (SSSR count). The summed E-state index contributed by atoms with van der Waals surface area (Å²) < 4.78 is 1.81. The van der Waals surface area contributed by atoms with Gasteiger partial charge in [0.25, 0.3) is 0 Å². The Morgan fingerprint density at radius 3 is 2.70 bits per heavy atom. The number of amides is 1. The van der Waals surface area contributed by atoms with Crippen molar-refractivity contribution in [2.75, 3.05) is 19.6 Å². The minimum absolute atomic E-state index is 0.0335. The molecule has 1 saturated carbocycles. The summed E-state index contributed by atoms with van der Waals surface area (Å²) in [6.07, 6.45) is 10.4. The molecule has 1 aromatic heterocycles. The number of hydrogen-bond acceptors (Lipinski definition) is 3. The SMILES string of the molecule is CCC1CCC(CNC(=O)[C@H]2CNC[C@@H]2c2cnn(C)c2)CC1. The molecule has 0 bridgehead atoms. The molecule has 2 aliphatic rings. The second-order valence-electron chi connectivity index (χ2n) is 7.36. The van der Waals surface area contributed by atoms with Crippen molar-refractivity contribution in [2.24, 2.45) is 24.8 Å². The standard InChI is InChI=1S/C18H30N4O/c1-3-13-4-6-14(7-5-13)8-20-18(23)17-11-19-10-16(17)15-9-21-22(2)12-15/h9,12-14,16-17,19H,3-8,10-11H2,1-2H3,(H,20,23)/t13?,14?,16-,17+/m1/s1. The third-order valence-corrected chi connectivity index (χ3v) is 5.81. The minimum Gasteiger partial charge on any atom is -0.356 e. The molecule has 0 aromatic carbocycles. The monoisotopic (exact) mass is 318 g/mol. The van der Waals surface area contributed by atoms with E-state index in [1.807, 2.05) is 24.1 Å². The predicted molar refractivity (Wildman–Crippen MR) is 91.1 cm³/mol. The van der Waals surface area contributed by atoms with Crippen LogP contribution < -0.4 is 10.6 Å². The third kappa shape index (κ3) is 3.94. The Morgan fingerprint density at radius 1 is 1.30 bits per heavy atom. The van der Waals surface area contributed by atoms with Crippen LogP contribution in [0.5, 0.6) is 0 Å². The van der Waals surface area contributed by atoms with Crippen LogP contribution in [0.15, 0.2) is 12.4 Å². The molecule has 5 nitrogen and oxygen atoms in total. The van der Waals surface area contributed by atoms with Crippen LogP contribution in [-0.2, 0) is 11.8 Å². The molecular weight excluding hydrogens is 288 g/mol. The number of aromatic nitrogens is 2. The van der Waals surface area contributed by atoms with Gasteiger partial charge >= 0.3 is 0 Å². The largest absolute Gasteiger partial charge is 0.356 e. The predicted octanol–water partition coefficient (Wildman–Crippen LogP) is 2.06. The lowest BCUT2D eigenvalue weighted by molar-refractivity contribution is -0.125. The van der Waals surface area contributed by atoms with E-state index in [4.69, 9.17) is 0 Å². The molecule has 0 radical (unpaired) electrons. The molecule has 2 fully saturated rings. The van der Waals surface area contributed by atoms with Gasteiger partial charge in [-0.25, -0.2) is 0 Å². The molecule has 2 heterocycles. The zero-order valence-electron chi connectivity index (χ0n) is 14.4. The summed E-state index contributed by atoms with van der Waals surface area (Å²) in [5.41, 5.74) is 1.17. The Morgan fingerprint density at radius 2 is 2.04 bits per heavy atom. The van der Waals surface area contributed by atoms with Gasteiger partial charge in [-0.3, -0.25) is 9.48 Å².